The van der Waals surface area contributed by atoms with E-state index in [0.717, 1.165) is 19.3 Å². The highest BCUT2D eigenvalue weighted by atomic mass is 35.5. The number of aliphatic hydroxyl groups is 1. The average Bonchev–Trinajstić information content (AvgIpc) is 3.05. The molecule has 1 aliphatic carbocycles. The van der Waals surface area contributed by atoms with E-state index in [-0.39, 0.29) is 12.3 Å². The van der Waals surface area contributed by atoms with E-state index < -0.39 is 16.1 Å². The summed E-state index contributed by atoms with van der Waals surface area (Å²) in [6.45, 7) is 0.00381. The first-order valence-electron chi connectivity index (χ1n) is 5.87. The summed E-state index contributed by atoms with van der Waals surface area (Å²) in [5, 5.41) is 9.81. The van der Waals surface area contributed by atoms with E-state index in [4.69, 9.17) is 11.6 Å². The molecule has 1 fully saturated rings. The van der Waals surface area contributed by atoms with Gasteiger partial charge in [-0.05, 0) is 24.5 Å². The largest absolute Gasteiger partial charge is 0.386 e. The summed E-state index contributed by atoms with van der Waals surface area (Å²) in [6.07, 6.45) is 2.17. The van der Waals surface area contributed by atoms with Crippen LogP contribution in [-0.4, -0.2) is 25.8 Å². The molecule has 1 aliphatic rings. The molecule has 2 N–H and O–H groups in total. The Kier molecular flexibility index (Phi) is 4.66. The third kappa shape index (κ3) is 4.51. The van der Waals surface area contributed by atoms with Gasteiger partial charge in [0, 0.05) is 11.4 Å². The number of halogens is 1. The molecule has 1 atom stereocenters. The third-order valence-electron chi connectivity index (χ3n) is 2.91. The van der Waals surface area contributed by atoms with Crippen molar-refractivity contribution in [2.24, 2.45) is 5.92 Å². The second kappa shape index (κ2) is 5.88. The molecule has 0 saturated heterocycles. The molecule has 18 heavy (non-hydrogen) atoms. The number of nitrogens with one attached hydrogen (secondary N) is 1. The zero-order valence-electron chi connectivity index (χ0n) is 9.80. The highest BCUT2D eigenvalue weighted by molar-refractivity contribution is 7.89. The van der Waals surface area contributed by atoms with Gasteiger partial charge in [0.1, 0.15) is 6.10 Å². The van der Waals surface area contributed by atoms with E-state index in [1.165, 1.54) is 11.3 Å². The van der Waals surface area contributed by atoms with Crippen LogP contribution in [0.5, 0.6) is 0 Å². The van der Waals surface area contributed by atoms with E-state index in [0.29, 0.717) is 15.1 Å². The second-order valence-electron chi connectivity index (χ2n) is 4.56. The van der Waals surface area contributed by atoms with Crippen LogP contribution >= 0.6 is 22.9 Å². The van der Waals surface area contributed by atoms with E-state index in [1.807, 2.05) is 0 Å². The molecule has 0 aliphatic heterocycles. The van der Waals surface area contributed by atoms with Crippen molar-refractivity contribution in [1.82, 2.24) is 4.72 Å². The molecule has 0 radical (unpaired) electrons. The van der Waals surface area contributed by atoms with Crippen molar-refractivity contribution < 1.29 is 13.5 Å². The van der Waals surface area contributed by atoms with Crippen LogP contribution in [0.4, 0.5) is 0 Å². The fourth-order valence-corrected chi connectivity index (χ4v) is 3.86. The Bertz CT molecular complexity index is 496. The molecular formula is C11H16ClNO3S2. The molecule has 1 aromatic heterocycles. The van der Waals surface area contributed by atoms with Crippen molar-refractivity contribution in [3.8, 4) is 0 Å². The molecule has 1 aromatic rings. The maximum atomic E-state index is 11.7. The third-order valence-corrected chi connectivity index (χ3v) is 5.62. The number of sulfonamides is 1. The maximum absolute atomic E-state index is 11.7. The molecule has 0 spiro atoms. The summed E-state index contributed by atoms with van der Waals surface area (Å²) < 4.78 is 26.3. The highest BCUT2D eigenvalue weighted by Gasteiger charge is 2.24. The monoisotopic (exact) mass is 309 g/mol. The van der Waals surface area contributed by atoms with E-state index in [9.17, 15) is 13.5 Å². The van der Waals surface area contributed by atoms with Gasteiger partial charge in [-0.15, -0.1) is 11.3 Å². The van der Waals surface area contributed by atoms with Crippen molar-refractivity contribution in [1.29, 1.82) is 0 Å². The number of hydrogen-bond acceptors (Lipinski definition) is 4. The lowest BCUT2D eigenvalue weighted by molar-refractivity contribution is 0.186. The molecule has 0 amide bonds. The van der Waals surface area contributed by atoms with E-state index in [2.05, 4.69) is 4.72 Å². The standard InChI is InChI=1S/C11H16ClNO3S2/c12-11-4-3-10(17-11)9(14)7-13-18(15,16)6-5-8-1-2-8/h3-4,8-9,13-14H,1-2,5-7H2. The van der Waals surface area contributed by atoms with Crippen molar-refractivity contribution in [2.45, 2.75) is 25.4 Å². The molecule has 4 nitrogen and oxygen atoms in total. The maximum Gasteiger partial charge on any atom is 0.211 e. The lowest BCUT2D eigenvalue weighted by atomic mass is 10.3. The van der Waals surface area contributed by atoms with Gasteiger partial charge in [-0.25, -0.2) is 13.1 Å². The molecule has 2 rings (SSSR count). The highest BCUT2D eigenvalue weighted by Crippen LogP contribution is 2.32. The van der Waals surface area contributed by atoms with Gasteiger partial charge < -0.3 is 5.11 Å². The second-order valence-corrected chi connectivity index (χ2v) is 8.23. The summed E-state index contributed by atoms with van der Waals surface area (Å²) in [4.78, 5) is 0.671. The smallest absolute Gasteiger partial charge is 0.211 e. The minimum Gasteiger partial charge on any atom is -0.386 e. The van der Waals surface area contributed by atoms with Gasteiger partial charge in [-0.2, -0.15) is 0 Å². The number of rotatable bonds is 7. The van der Waals surface area contributed by atoms with Gasteiger partial charge in [0.2, 0.25) is 10.0 Å². The Morgan fingerprint density at radius 2 is 2.22 bits per heavy atom. The van der Waals surface area contributed by atoms with E-state index in [1.54, 1.807) is 12.1 Å². The van der Waals surface area contributed by atoms with E-state index >= 15 is 0 Å². The SMILES string of the molecule is O=S(=O)(CCC1CC1)NCC(O)c1ccc(Cl)s1. The molecule has 1 heterocycles. The van der Waals surface area contributed by atoms with Gasteiger partial charge in [0.05, 0.1) is 10.1 Å². The van der Waals surface area contributed by atoms with Gasteiger partial charge in [0.15, 0.2) is 0 Å². The van der Waals surface area contributed by atoms with Gasteiger partial charge in [0.25, 0.3) is 0 Å². The summed E-state index contributed by atoms with van der Waals surface area (Å²) in [5.74, 6) is 0.734. The van der Waals surface area contributed by atoms with Crippen LogP contribution in [-0.2, 0) is 10.0 Å². The van der Waals surface area contributed by atoms with Crippen LogP contribution < -0.4 is 4.72 Å². The van der Waals surface area contributed by atoms with Crippen molar-refractivity contribution in [2.75, 3.05) is 12.3 Å². The number of aliphatic hydroxyl groups excluding tert-OH is 1. The Labute approximate surface area is 116 Å². The topological polar surface area (TPSA) is 66.4 Å². The molecule has 7 heteroatoms. The Morgan fingerprint density at radius 1 is 1.50 bits per heavy atom. The first-order chi connectivity index (χ1) is 8.46. The zero-order valence-corrected chi connectivity index (χ0v) is 12.2. The van der Waals surface area contributed by atoms with Gasteiger partial charge in [-0.3, -0.25) is 0 Å². The van der Waals surface area contributed by atoms with Crippen LogP contribution in [0, 0.1) is 5.92 Å². The van der Waals surface area contributed by atoms with Crippen LogP contribution in [0.2, 0.25) is 4.34 Å². The Hall–Kier alpha value is -0.140. The first kappa shape index (κ1) is 14.3. The van der Waals surface area contributed by atoms with Crippen LogP contribution in [0.25, 0.3) is 0 Å². The predicted octanol–water partition coefficient (Wildman–Crippen LogP) is 2.15. The summed E-state index contributed by atoms with van der Waals surface area (Å²) in [6, 6.07) is 3.39. The normalized spacial score (nSPS) is 17.9. The summed E-state index contributed by atoms with van der Waals surface area (Å²) in [5.41, 5.74) is 0. The predicted molar refractivity (Wildman–Crippen MR) is 73.4 cm³/mol. The van der Waals surface area contributed by atoms with Crippen LogP contribution in [0.3, 0.4) is 0 Å². The number of hydrogen-bond donors (Lipinski definition) is 2. The van der Waals surface area contributed by atoms with Gasteiger partial charge >= 0.3 is 0 Å². The summed E-state index contributed by atoms with van der Waals surface area (Å²) in [7, 11) is -3.27. The molecule has 1 saturated carbocycles. The van der Waals surface area contributed by atoms with Gasteiger partial charge in [-0.1, -0.05) is 24.4 Å². The Morgan fingerprint density at radius 3 is 2.78 bits per heavy atom. The first-order valence-corrected chi connectivity index (χ1v) is 8.71. The minimum atomic E-state index is -3.27. The quantitative estimate of drug-likeness (QED) is 0.811. The zero-order chi connectivity index (χ0) is 13.2. The molecule has 102 valence electrons. The number of thiophene rings is 1. The van der Waals surface area contributed by atoms with Crippen LogP contribution in [0.1, 0.15) is 30.2 Å². The lowest BCUT2D eigenvalue weighted by Gasteiger charge is -2.10. The fraction of sp³-hybridized carbons (Fsp3) is 0.636. The minimum absolute atomic E-state index is 0.00381. The molecule has 0 bridgehead atoms. The lowest BCUT2D eigenvalue weighted by Crippen LogP contribution is -2.30. The van der Waals surface area contributed by atoms with Crippen molar-refractivity contribution >= 4 is 33.0 Å². The molecule has 1 unspecified atom stereocenters. The van der Waals surface area contributed by atoms with Crippen LogP contribution in [0.15, 0.2) is 12.1 Å². The molecule has 0 aromatic carbocycles. The average molecular weight is 310 g/mol. The molecular weight excluding hydrogens is 294 g/mol. The van der Waals surface area contributed by atoms with Crippen molar-refractivity contribution in [3.63, 3.8) is 0 Å². The Balaban J connectivity index is 1.78. The summed E-state index contributed by atoms with van der Waals surface area (Å²) >= 11 is 7.01. The fourth-order valence-electron chi connectivity index (χ4n) is 1.61. The van der Waals surface area contributed by atoms with Crippen molar-refractivity contribution in [3.05, 3.63) is 21.3 Å².